The van der Waals surface area contributed by atoms with Crippen LogP contribution in [0.1, 0.15) is 16.1 Å². The molecule has 0 atom stereocenters. The van der Waals surface area contributed by atoms with Gasteiger partial charge in [-0.3, -0.25) is 19.3 Å². The quantitative estimate of drug-likeness (QED) is 0.516. The van der Waals surface area contributed by atoms with Gasteiger partial charge in [0.05, 0.1) is 6.54 Å². The van der Waals surface area contributed by atoms with Gasteiger partial charge in [-0.05, 0) is 12.1 Å². The van der Waals surface area contributed by atoms with Crippen molar-refractivity contribution < 1.29 is 19.4 Å². The number of methoxy groups -OCH3 is 1. The predicted molar refractivity (Wildman–Crippen MR) is 131 cm³/mol. The molecule has 2 aliphatic rings. The summed E-state index contributed by atoms with van der Waals surface area (Å²) in [6.07, 6.45) is 5.22. The van der Waals surface area contributed by atoms with Gasteiger partial charge >= 0.3 is 0 Å². The second kappa shape index (κ2) is 12.3. The van der Waals surface area contributed by atoms with E-state index in [0.29, 0.717) is 26.4 Å². The molecule has 0 fully saturated rings. The summed E-state index contributed by atoms with van der Waals surface area (Å²) in [5.74, 6) is -0.126. The Morgan fingerprint density at radius 3 is 2.24 bits per heavy atom. The van der Waals surface area contributed by atoms with E-state index >= 15 is 0 Å². The third kappa shape index (κ3) is 6.05. The number of fused-ring (bicyclic) bond motifs is 5. The van der Waals surface area contributed by atoms with Crippen LogP contribution in [0.3, 0.4) is 0 Å². The molecule has 3 heterocycles. The lowest BCUT2D eigenvalue weighted by Crippen LogP contribution is -2.53. The molecule has 2 bridgehead atoms. The van der Waals surface area contributed by atoms with Crippen LogP contribution in [-0.2, 0) is 11.3 Å². The number of carbonyl (C=O) groups is 1. The van der Waals surface area contributed by atoms with Crippen molar-refractivity contribution in [2.24, 2.45) is 0 Å². The van der Waals surface area contributed by atoms with E-state index in [4.69, 9.17) is 4.74 Å². The molecule has 8 heteroatoms. The predicted octanol–water partition coefficient (Wildman–Crippen LogP) is 3.00. The van der Waals surface area contributed by atoms with Crippen molar-refractivity contribution in [3.8, 4) is 11.5 Å². The summed E-state index contributed by atoms with van der Waals surface area (Å²) in [6.45, 7) is 1.59. The summed E-state index contributed by atoms with van der Waals surface area (Å²) in [5.41, 5.74) is 0.381. The van der Waals surface area contributed by atoms with Crippen LogP contribution in [0.15, 0.2) is 89.9 Å². The third-order valence-electron chi connectivity index (χ3n) is 5.00. The van der Waals surface area contributed by atoms with E-state index in [0.717, 1.165) is 11.3 Å². The number of benzene rings is 2. The lowest BCUT2D eigenvalue weighted by atomic mass is 10.2. The van der Waals surface area contributed by atoms with Gasteiger partial charge in [0.2, 0.25) is 5.43 Å². The molecule has 0 aliphatic carbocycles. The number of hydrogen-bond donors (Lipinski definition) is 1. The zero-order valence-corrected chi connectivity index (χ0v) is 19.3. The van der Waals surface area contributed by atoms with Crippen molar-refractivity contribution in [2.45, 2.75) is 6.54 Å². The monoisotopic (exact) mass is 463 g/mol. The maximum atomic E-state index is 12.7. The Morgan fingerprint density at radius 2 is 1.56 bits per heavy atom. The van der Waals surface area contributed by atoms with Crippen LogP contribution in [0, 0.1) is 0 Å². The number of nitrogens with zero attached hydrogens (tertiary/aromatic N) is 3. The van der Waals surface area contributed by atoms with Gasteiger partial charge in [-0.1, -0.05) is 60.7 Å². The van der Waals surface area contributed by atoms with E-state index in [1.807, 2.05) is 77.8 Å². The summed E-state index contributed by atoms with van der Waals surface area (Å²) in [6, 6.07) is 21.0. The topological polar surface area (TPSA) is 84.2 Å². The lowest BCUT2D eigenvalue weighted by molar-refractivity contribution is 0.0706. The molecule has 1 N–H and O–H groups in total. The number of ether oxygens (including phenoxy) is 2. The van der Waals surface area contributed by atoms with Crippen molar-refractivity contribution in [3.05, 3.63) is 107 Å². The van der Waals surface area contributed by atoms with Crippen molar-refractivity contribution in [1.82, 2.24) is 9.58 Å². The summed E-state index contributed by atoms with van der Waals surface area (Å²) in [4.78, 5) is 26.1. The van der Waals surface area contributed by atoms with E-state index in [1.54, 1.807) is 23.8 Å². The van der Waals surface area contributed by atoms with Gasteiger partial charge in [-0.15, -0.1) is 0 Å². The molecule has 1 amide bonds. The van der Waals surface area contributed by atoms with Gasteiger partial charge in [-0.25, -0.2) is 0 Å². The highest BCUT2D eigenvalue weighted by atomic mass is 16.5. The molecule has 2 aromatic carbocycles. The van der Waals surface area contributed by atoms with E-state index < -0.39 is 11.2 Å². The Hall–Kier alpha value is -4.04. The highest BCUT2D eigenvalue weighted by Crippen LogP contribution is 2.25. The molecule has 0 saturated heterocycles. The molecule has 178 valence electrons. The first kappa shape index (κ1) is 24.6. The number of carbonyl (C=O) groups excluding carboxylic acids is 1. The molecule has 34 heavy (non-hydrogen) atoms. The van der Waals surface area contributed by atoms with Crippen LogP contribution in [-0.4, -0.2) is 54.6 Å². The molecule has 1 aromatic heterocycles. The van der Waals surface area contributed by atoms with Crippen LogP contribution < -0.4 is 15.2 Å². The number of pyridine rings is 1. The second-order valence-corrected chi connectivity index (χ2v) is 7.51. The van der Waals surface area contributed by atoms with Gasteiger partial charge in [-0.2, -0.15) is 0 Å². The van der Waals surface area contributed by atoms with Crippen LogP contribution in [0.5, 0.6) is 11.5 Å². The van der Waals surface area contributed by atoms with Crippen LogP contribution >= 0.6 is 0 Å². The Balaban J connectivity index is 0.000000305. The first-order valence-corrected chi connectivity index (χ1v) is 10.8. The zero-order valence-electron chi connectivity index (χ0n) is 19.3. The van der Waals surface area contributed by atoms with Crippen molar-refractivity contribution in [3.63, 3.8) is 0 Å². The van der Waals surface area contributed by atoms with Gasteiger partial charge in [0.25, 0.3) is 5.91 Å². The number of amides is 1. The van der Waals surface area contributed by atoms with Gasteiger partial charge in [0, 0.05) is 38.6 Å². The molecular formula is C26H29N3O5. The summed E-state index contributed by atoms with van der Waals surface area (Å²) < 4.78 is 11.6. The van der Waals surface area contributed by atoms with Crippen molar-refractivity contribution >= 4 is 5.91 Å². The Kier molecular flexibility index (Phi) is 8.88. The third-order valence-corrected chi connectivity index (χ3v) is 5.00. The number of aromatic hydroxyl groups is 1. The SMILES string of the molecule is COC.O=C1c2c(O)c(=O)ccn2N2Cc3ccccc3OC/C=C/CN1C2.c1ccccc1. The summed E-state index contributed by atoms with van der Waals surface area (Å²) in [5, 5.41) is 12.0. The average molecular weight is 464 g/mol. The minimum Gasteiger partial charge on any atom is -0.502 e. The minimum atomic E-state index is -0.565. The molecule has 0 unspecified atom stereocenters. The van der Waals surface area contributed by atoms with Crippen LogP contribution in [0.4, 0.5) is 0 Å². The van der Waals surface area contributed by atoms with Crippen molar-refractivity contribution in [2.75, 3.05) is 39.0 Å². The molecular weight excluding hydrogens is 434 g/mol. The Bertz CT molecular complexity index is 1130. The highest BCUT2D eigenvalue weighted by Gasteiger charge is 2.32. The lowest BCUT2D eigenvalue weighted by Gasteiger charge is -2.39. The molecule has 3 aromatic rings. The van der Waals surface area contributed by atoms with Crippen LogP contribution in [0.25, 0.3) is 0 Å². The number of rotatable bonds is 0. The Labute approximate surface area is 198 Å². The molecule has 0 spiro atoms. The maximum Gasteiger partial charge on any atom is 0.278 e. The van der Waals surface area contributed by atoms with Crippen molar-refractivity contribution in [1.29, 1.82) is 0 Å². The van der Waals surface area contributed by atoms with Crippen LogP contribution in [0.2, 0.25) is 0 Å². The fourth-order valence-electron chi connectivity index (χ4n) is 3.46. The van der Waals surface area contributed by atoms with E-state index in [2.05, 4.69) is 4.74 Å². The normalized spacial score (nSPS) is 15.1. The molecule has 0 saturated carbocycles. The fraction of sp³-hybridized carbons (Fsp3) is 0.231. The van der Waals surface area contributed by atoms with Gasteiger partial charge < -0.3 is 19.5 Å². The number of hydrogen-bond acceptors (Lipinski definition) is 6. The second-order valence-electron chi connectivity index (χ2n) is 7.51. The Morgan fingerprint density at radius 1 is 0.912 bits per heavy atom. The number of aromatic nitrogens is 1. The standard InChI is InChI=1S/C18H17N3O4.C6H6.C2H6O/c22-14-7-9-21-16(17(14)23)18(24)19-8-3-4-10-25-15-6-2-1-5-13(15)11-20(21)12-19;1-2-4-6-5-3-1;1-3-2/h1-7,9,23H,8,10-12H2;1-6H;1-2H3/b4-3+;;. The van der Waals surface area contributed by atoms with Gasteiger partial charge in [0.1, 0.15) is 19.0 Å². The van der Waals surface area contributed by atoms with E-state index in [9.17, 15) is 14.7 Å². The number of para-hydroxylation sites is 1. The first-order valence-electron chi connectivity index (χ1n) is 10.8. The smallest absolute Gasteiger partial charge is 0.278 e. The minimum absolute atomic E-state index is 0.00945. The highest BCUT2D eigenvalue weighted by molar-refractivity contribution is 5.96. The van der Waals surface area contributed by atoms with E-state index in [-0.39, 0.29) is 11.6 Å². The molecule has 8 nitrogen and oxygen atoms in total. The summed E-state index contributed by atoms with van der Waals surface area (Å²) in [7, 11) is 3.25. The average Bonchev–Trinajstić information content (AvgIpc) is 2.89. The summed E-state index contributed by atoms with van der Waals surface area (Å²) >= 11 is 0. The molecule has 2 aliphatic heterocycles. The zero-order chi connectivity index (χ0) is 24.3. The molecule has 5 rings (SSSR count). The fourth-order valence-corrected chi connectivity index (χ4v) is 3.46. The van der Waals surface area contributed by atoms with E-state index in [1.165, 1.54) is 12.3 Å². The maximum absolute atomic E-state index is 12.7. The largest absolute Gasteiger partial charge is 0.502 e. The van der Waals surface area contributed by atoms with Gasteiger partial charge in [0.15, 0.2) is 11.4 Å². The first-order chi connectivity index (χ1) is 16.6. The molecule has 0 radical (unpaired) electrons.